The number of thiophene rings is 1. The third-order valence-corrected chi connectivity index (χ3v) is 5.48. The molecule has 6 heteroatoms. The van der Waals surface area contributed by atoms with Gasteiger partial charge in [0.25, 0.3) is 5.91 Å². The first-order valence-electron chi connectivity index (χ1n) is 7.34. The SMILES string of the molecule is CC1CCCC(N(C)C(=O)c2sc3nnccc3c2N)C1. The highest BCUT2D eigenvalue weighted by Crippen LogP contribution is 2.34. The number of nitrogen functional groups attached to an aromatic ring is 1. The zero-order valence-corrected chi connectivity index (χ0v) is 13.2. The van der Waals surface area contributed by atoms with E-state index >= 15 is 0 Å². The van der Waals surface area contributed by atoms with Crippen molar-refractivity contribution in [3.05, 3.63) is 17.1 Å². The highest BCUT2D eigenvalue weighted by molar-refractivity contribution is 7.21. The number of rotatable bonds is 2. The summed E-state index contributed by atoms with van der Waals surface area (Å²) in [7, 11) is 1.89. The second-order valence-corrected chi connectivity index (χ2v) is 6.94. The smallest absolute Gasteiger partial charge is 0.266 e. The van der Waals surface area contributed by atoms with Gasteiger partial charge in [-0.1, -0.05) is 19.8 Å². The van der Waals surface area contributed by atoms with Gasteiger partial charge in [0, 0.05) is 18.5 Å². The molecule has 0 aromatic carbocycles. The molecule has 2 aromatic rings. The fourth-order valence-electron chi connectivity index (χ4n) is 3.11. The third kappa shape index (κ3) is 2.60. The fraction of sp³-hybridized carbons (Fsp3) is 0.533. The summed E-state index contributed by atoms with van der Waals surface area (Å²) < 4.78 is 0. The average molecular weight is 304 g/mol. The number of amides is 1. The lowest BCUT2D eigenvalue weighted by Crippen LogP contribution is -2.39. The first-order chi connectivity index (χ1) is 10.1. The zero-order valence-electron chi connectivity index (χ0n) is 12.4. The number of hydrogen-bond acceptors (Lipinski definition) is 5. The maximum Gasteiger partial charge on any atom is 0.266 e. The van der Waals surface area contributed by atoms with Gasteiger partial charge in [0.2, 0.25) is 0 Å². The summed E-state index contributed by atoms with van der Waals surface area (Å²) >= 11 is 1.34. The summed E-state index contributed by atoms with van der Waals surface area (Å²) in [5, 5.41) is 8.72. The van der Waals surface area contributed by atoms with E-state index in [0.29, 0.717) is 22.5 Å². The van der Waals surface area contributed by atoms with Gasteiger partial charge >= 0.3 is 0 Å². The van der Waals surface area contributed by atoms with E-state index in [1.165, 1.54) is 24.2 Å². The van der Waals surface area contributed by atoms with Gasteiger partial charge in [-0.25, -0.2) is 0 Å². The number of anilines is 1. The lowest BCUT2D eigenvalue weighted by molar-refractivity contribution is 0.0678. The van der Waals surface area contributed by atoms with Crippen LogP contribution in [0.2, 0.25) is 0 Å². The predicted octanol–water partition coefficient (Wildman–Crippen LogP) is 2.92. The Kier molecular flexibility index (Phi) is 3.80. The van der Waals surface area contributed by atoms with E-state index in [1.54, 1.807) is 6.20 Å². The van der Waals surface area contributed by atoms with Crippen molar-refractivity contribution >= 4 is 33.1 Å². The molecular weight excluding hydrogens is 284 g/mol. The van der Waals surface area contributed by atoms with Crippen LogP contribution in [0.15, 0.2) is 12.3 Å². The quantitative estimate of drug-likeness (QED) is 0.926. The Hall–Kier alpha value is -1.69. The summed E-state index contributed by atoms with van der Waals surface area (Å²) in [5.74, 6) is 0.694. The van der Waals surface area contributed by atoms with E-state index in [1.807, 2.05) is 18.0 Å². The van der Waals surface area contributed by atoms with Gasteiger partial charge in [-0.3, -0.25) is 4.79 Å². The molecule has 1 amide bonds. The molecule has 2 heterocycles. The highest BCUT2D eigenvalue weighted by Gasteiger charge is 2.28. The molecule has 0 radical (unpaired) electrons. The molecule has 112 valence electrons. The van der Waals surface area contributed by atoms with E-state index in [0.717, 1.165) is 23.1 Å². The summed E-state index contributed by atoms with van der Waals surface area (Å²) in [5.41, 5.74) is 6.66. The van der Waals surface area contributed by atoms with Crippen LogP contribution < -0.4 is 5.73 Å². The molecular formula is C15H20N4OS. The molecule has 1 aliphatic carbocycles. The van der Waals surface area contributed by atoms with Gasteiger partial charge in [-0.2, -0.15) is 5.10 Å². The predicted molar refractivity (Wildman–Crippen MR) is 85.3 cm³/mol. The van der Waals surface area contributed by atoms with Crippen LogP contribution in [0, 0.1) is 5.92 Å². The molecule has 0 bridgehead atoms. The van der Waals surface area contributed by atoms with E-state index in [9.17, 15) is 4.79 Å². The van der Waals surface area contributed by atoms with Crippen LogP contribution in [0.5, 0.6) is 0 Å². The average Bonchev–Trinajstić information content (AvgIpc) is 2.83. The van der Waals surface area contributed by atoms with Gasteiger partial charge in [0.1, 0.15) is 9.71 Å². The summed E-state index contributed by atoms with van der Waals surface area (Å²) in [4.78, 5) is 15.9. The topological polar surface area (TPSA) is 72.1 Å². The molecule has 0 aliphatic heterocycles. The van der Waals surface area contributed by atoms with Crippen molar-refractivity contribution in [3.63, 3.8) is 0 Å². The molecule has 2 unspecified atom stereocenters. The monoisotopic (exact) mass is 304 g/mol. The minimum atomic E-state index is 0.00889. The number of nitrogens with zero attached hydrogens (tertiary/aromatic N) is 3. The molecule has 1 fully saturated rings. The molecule has 2 N–H and O–H groups in total. The minimum Gasteiger partial charge on any atom is -0.397 e. The first-order valence-corrected chi connectivity index (χ1v) is 8.16. The molecule has 1 saturated carbocycles. The Bertz CT molecular complexity index is 669. The molecule has 2 atom stereocenters. The number of hydrogen-bond donors (Lipinski definition) is 1. The van der Waals surface area contributed by atoms with Gasteiger partial charge in [-0.15, -0.1) is 16.4 Å². The second kappa shape index (κ2) is 5.60. The molecule has 1 aliphatic rings. The number of aromatic nitrogens is 2. The molecule has 21 heavy (non-hydrogen) atoms. The second-order valence-electron chi connectivity index (χ2n) is 5.94. The van der Waals surface area contributed by atoms with Crippen molar-refractivity contribution in [1.82, 2.24) is 15.1 Å². The van der Waals surface area contributed by atoms with E-state index in [2.05, 4.69) is 17.1 Å². The highest BCUT2D eigenvalue weighted by atomic mass is 32.1. The lowest BCUT2D eigenvalue weighted by Gasteiger charge is -2.34. The largest absolute Gasteiger partial charge is 0.397 e. The van der Waals surface area contributed by atoms with E-state index < -0.39 is 0 Å². The summed E-state index contributed by atoms with van der Waals surface area (Å²) in [6.07, 6.45) is 6.21. The van der Waals surface area contributed by atoms with Crippen molar-refractivity contribution in [2.75, 3.05) is 12.8 Å². The molecule has 0 saturated heterocycles. The fourth-order valence-corrected chi connectivity index (χ4v) is 4.13. The van der Waals surface area contributed by atoms with Crippen LogP contribution in [-0.4, -0.2) is 34.1 Å². The number of nitrogens with two attached hydrogens (primary N) is 1. The van der Waals surface area contributed by atoms with Crippen LogP contribution in [-0.2, 0) is 0 Å². The maximum absolute atomic E-state index is 12.7. The molecule has 3 rings (SSSR count). The summed E-state index contributed by atoms with van der Waals surface area (Å²) in [6.45, 7) is 2.26. The van der Waals surface area contributed by atoms with Gasteiger partial charge in [0.05, 0.1) is 11.9 Å². The molecule has 2 aromatic heterocycles. The third-order valence-electron chi connectivity index (χ3n) is 4.39. The lowest BCUT2D eigenvalue weighted by atomic mass is 9.86. The van der Waals surface area contributed by atoms with Crippen molar-refractivity contribution in [1.29, 1.82) is 0 Å². The van der Waals surface area contributed by atoms with Crippen LogP contribution in [0.1, 0.15) is 42.3 Å². The number of fused-ring (bicyclic) bond motifs is 1. The Morgan fingerprint density at radius 1 is 1.48 bits per heavy atom. The normalized spacial score (nSPS) is 22.4. The zero-order chi connectivity index (χ0) is 15.0. The van der Waals surface area contributed by atoms with Crippen molar-refractivity contribution < 1.29 is 4.79 Å². The summed E-state index contributed by atoms with van der Waals surface area (Å²) in [6, 6.07) is 2.13. The van der Waals surface area contributed by atoms with Crippen LogP contribution in [0.4, 0.5) is 5.69 Å². The Balaban J connectivity index is 1.87. The number of carbonyl (C=O) groups is 1. The van der Waals surface area contributed by atoms with Gasteiger partial charge in [-0.05, 0) is 24.8 Å². The first kappa shape index (κ1) is 14.3. The maximum atomic E-state index is 12.7. The van der Waals surface area contributed by atoms with E-state index in [4.69, 9.17) is 5.73 Å². The van der Waals surface area contributed by atoms with Crippen molar-refractivity contribution in [2.45, 2.75) is 38.6 Å². The van der Waals surface area contributed by atoms with Crippen molar-refractivity contribution in [2.24, 2.45) is 5.92 Å². The number of carbonyl (C=O) groups excluding carboxylic acids is 1. The van der Waals surface area contributed by atoms with Gasteiger partial charge < -0.3 is 10.6 Å². The standard InChI is InChI=1S/C15H20N4OS/c1-9-4-3-5-10(8-9)19(2)15(20)13-12(16)11-6-7-17-18-14(11)21-13/h6-7,9-10H,3-5,8,16H2,1-2H3. The minimum absolute atomic E-state index is 0.00889. The molecule has 0 spiro atoms. The molecule has 5 nitrogen and oxygen atoms in total. The Morgan fingerprint density at radius 3 is 3.00 bits per heavy atom. The van der Waals surface area contributed by atoms with Gasteiger partial charge in [0.15, 0.2) is 0 Å². The Morgan fingerprint density at radius 2 is 2.29 bits per heavy atom. The van der Waals surface area contributed by atoms with E-state index in [-0.39, 0.29) is 5.91 Å². The van der Waals surface area contributed by atoms with Crippen LogP contribution >= 0.6 is 11.3 Å². The van der Waals surface area contributed by atoms with Crippen LogP contribution in [0.25, 0.3) is 10.2 Å². The van der Waals surface area contributed by atoms with Crippen LogP contribution in [0.3, 0.4) is 0 Å². The Labute approximate surface area is 128 Å². The van der Waals surface area contributed by atoms with Crippen molar-refractivity contribution in [3.8, 4) is 0 Å².